The van der Waals surface area contributed by atoms with Crippen LogP contribution >= 0.6 is 0 Å². The summed E-state index contributed by atoms with van der Waals surface area (Å²) in [5.74, 6) is -2.12. The fourth-order valence-corrected chi connectivity index (χ4v) is 7.99. The first kappa shape index (κ1) is 61.1. The lowest BCUT2D eigenvalue weighted by atomic mass is 10.00. The van der Waals surface area contributed by atoms with Crippen molar-refractivity contribution >= 4 is 22.1 Å². The van der Waals surface area contributed by atoms with E-state index in [0.29, 0.717) is 25.7 Å². The maximum Gasteiger partial charge on any atom is 0.306 e. The second kappa shape index (κ2) is 42.2. The van der Waals surface area contributed by atoms with Gasteiger partial charge in [0.2, 0.25) is 0 Å². The van der Waals surface area contributed by atoms with Crippen molar-refractivity contribution in [2.24, 2.45) is 0 Å². The van der Waals surface area contributed by atoms with E-state index in [0.717, 1.165) is 38.5 Å². The van der Waals surface area contributed by atoms with Crippen LogP contribution in [0.2, 0.25) is 0 Å². The molecule has 1 fully saturated rings. The third-order valence-corrected chi connectivity index (χ3v) is 12.0. The van der Waals surface area contributed by atoms with E-state index >= 15 is 0 Å². The molecular formula is C53H90O12S. The summed E-state index contributed by atoms with van der Waals surface area (Å²) in [5.41, 5.74) is 0. The molecule has 0 aromatic rings. The molecule has 0 radical (unpaired) electrons. The van der Waals surface area contributed by atoms with Crippen molar-refractivity contribution in [1.82, 2.24) is 0 Å². The van der Waals surface area contributed by atoms with Gasteiger partial charge in [0.15, 0.2) is 12.4 Å². The summed E-state index contributed by atoms with van der Waals surface area (Å²) in [4.78, 5) is 25.5. The fraction of sp³-hybridized carbons (Fsp3) is 0.736. The Kier molecular flexibility index (Phi) is 39.1. The minimum atomic E-state index is -4.62. The van der Waals surface area contributed by atoms with Gasteiger partial charge >= 0.3 is 11.9 Å². The summed E-state index contributed by atoms with van der Waals surface area (Å²) in [5, 5.41) is 30.9. The van der Waals surface area contributed by atoms with Gasteiger partial charge in [-0.15, -0.1) is 0 Å². The quantitative estimate of drug-likeness (QED) is 0.0197. The average Bonchev–Trinajstić information content (AvgIpc) is 3.28. The second-order valence-corrected chi connectivity index (χ2v) is 19.0. The van der Waals surface area contributed by atoms with Crippen LogP contribution in [0.25, 0.3) is 0 Å². The van der Waals surface area contributed by atoms with Gasteiger partial charge < -0.3 is 34.3 Å². The smallest absolute Gasteiger partial charge is 0.306 e. The Morgan fingerprint density at radius 2 is 0.909 bits per heavy atom. The van der Waals surface area contributed by atoms with Crippen LogP contribution in [0.1, 0.15) is 194 Å². The highest BCUT2D eigenvalue weighted by Crippen LogP contribution is 2.24. The normalized spacial score (nSPS) is 20.0. The molecule has 0 aliphatic carbocycles. The monoisotopic (exact) mass is 951 g/mol. The van der Waals surface area contributed by atoms with Crippen molar-refractivity contribution in [1.29, 1.82) is 0 Å². The lowest BCUT2D eigenvalue weighted by molar-refractivity contribution is -0.297. The van der Waals surface area contributed by atoms with Crippen molar-refractivity contribution in [3.63, 3.8) is 0 Å². The van der Waals surface area contributed by atoms with Gasteiger partial charge in [0.05, 0.1) is 6.61 Å². The van der Waals surface area contributed by atoms with E-state index in [9.17, 15) is 37.9 Å². The third kappa shape index (κ3) is 36.2. The predicted molar refractivity (Wildman–Crippen MR) is 265 cm³/mol. The molecular weight excluding hydrogens is 861 g/mol. The molecule has 1 aliphatic heterocycles. The Balaban J connectivity index is 2.47. The number of aliphatic hydroxyl groups excluding tert-OH is 3. The molecule has 1 aliphatic rings. The van der Waals surface area contributed by atoms with Gasteiger partial charge in [-0.1, -0.05) is 177 Å². The van der Waals surface area contributed by atoms with E-state index in [1.165, 1.54) is 103 Å². The maximum atomic E-state index is 12.8. The van der Waals surface area contributed by atoms with Crippen molar-refractivity contribution < 1.29 is 56.8 Å². The number of hydrogen-bond donors (Lipinski definition) is 4. The molecule has 0 amide bonds. The standard InChI is InChI=1S/C53H90O12S/c1-3-5-7-9-11-13-15-17-19-21-22-23-24-26-28-30-32-34-36-38-40-42-49(55)64-46(44-63-53-52(58)51(57)50(56)47(65-53)45-66(59,60)61)43-62-48(54)41-39-37-35-33-31-29-27-25-20-18-16-14-12-10-8-6-4-2/h19,21,23-24,27-30,33-36,46-47,50-53,56-58H,3-18,20,22,25-26,31-32,37-45H2,1-2H3,(H,59,60,61)/b21-19+,24-23+,29-27+,30-28+,35-33+,36-34+/t46-,47-,50-,51?,52?,53+/m1/s1. The van der Waals surface area contributed by atoms with E-state index in [1.807, 2.05) is 18.2 Å². The summed E-state index contributed by atoms with van der Waals surface area (Å²) in [6, 6.07) is 0. The van der Waals surface area contributed by atoms with Crippen LogP contribution in [0.15, 0.2) is 72.9 Å². The molecule has 6 atom stereocenters. The van der Waals surface area contributed by atoms with Crippen molar-refractivity contribution in [3.05, 3.63) is 72.9 Å². The number of hydrogen-bond acceptors (Lipinski definition) is 11. The number of carbonyl (C=O) groups is 2. The molecule has 2 unspecified atom stereocenters. The molecule has 1 saturated heterocycles. The first-order valence-electron chi connectivity index (χ1n) is 25.5. The Bertz CT molecular complexity index is 1490. The molecule has 0 aromatic carbocycles. The molecule has 1 rings (SSSR count). The predicted octanol–water partition coefficient (Wildman–Crippen LogP) is 11.5. The van der Waals surface area contributed by atoms with Crippen molar-refractivity contribution in [2.75, 3.05) is 19.0 Å². The van der Waals surface area contributed by atoms with E-state index < -0.39 is 71.2 Å². The molecule has 4 N–H and O–H groups in total. The zero-order valence-corrected chi connectivity index (χ0v) is 41.6. The van der Waals surface area contributed by atoms with E-state index in [1.54, 1.807) is 0 Å². The largest absolute Gasteiger partial charge is 0.462 e. The van der Waals surface area contributed by atoms with Crippen LogP contribution in [-0.2, 0) is 38.7 Å². The summed E-state index contributed by atoms with van der Waals surface area (Å²) in [7, 11) is -4.62. The van der Waals surface area contributed by atoms with Gasteiger partial charge in [0.1, 0.15) is 36.8 Å². The molecule has 0 aromatic heterocycles. The highest BCUT2D eigenvalue weighted by atomic mass is 32.2. The van der Waals surface area contributed by atoms with Crippen molar-refractivity contribution in [2.45, 2.75) is 230 Å². The molecule has 380 valence electrons. The molecule has 0 spiro atoms. The van der Waals surface area contributed by atoms with Gasteiger partial charge in [-0.3, -0.25) is 14.1 Å². The second-order valence-electron chi connectivity index (χ2n) is 17.5. The fourth-order valence-electron chi connectivity index (χ4n) is 7.30. The van der Waals surface area contributed by atoms with Crippen LogP contribution in [0.4, 0.5) is 0 Å². The lowest BCUT2D eigenvalue weighted by Crippen LogP contribution is -2.60. The minimum Gasteiger partial charge on any atom is -0.462 e. The first-order valence-corrected chi connectivity index (χ1v) is 27.1. The van der Waals surface area contributed by atoms with Crippen LogP contribution in [-0.4, -0.2) is 96.0 Å². The maximum absolute atomic E-state index is 12.8. The summed E-state index contributed by atoms with van der Waals surface area (Å²) < 4.78 is 54.1. The third-order valence-electron chi connectivity index (χ3n) is 11.3. The zero-order valence-electron chi connectivity index (χ0n) is 40.8. The first-order chi connectivity index (χ1) is 32.0. The zero-order chi connectivity index (χ0) is 48.4. The van der Waals surface area contributed by atoms with E-state index in [2.05, 4.69) is 68.5 Å². The lowest BCUT2D eigenvalue weighted by Gasteiger charge is -2.40. The number of allylic oxidation sites excluding steroid dienone is 12. The number of aliphatic hydroxyl groups is 3. The highest BCUT2D eigenvalue weighted by Gasteiger charge is 2.46. The molecule has 1 heterocycles. The van der Waals surface area contributed by atoms with Gasteiger partial charge in [-0.25, -0.2) is 0 Å². The van der Waals surface area contributed by atoms with Gasteiger partial charge in [0, 0.05) is 12.8 Å². The molecule has 0 bridgehead atoms. The van der Waals surface area contributed by atoms with Gasteiger partial charge in [0.25, 0.3) is 10.1 Å². The van der Waals surface area contributed by atoms with E-state index in [4.69, 9.17) is 18.9 Å². The highest BCUT2D eigenvalue weighted by molar-refractivity contribution is 7.85. The van der Waals surface area contributed by atoms with Gasteiger partial charge in [-0.05, 0) is 77.0 Å². The van der Waals surface area contributed by atoms with Gasteiger partial charge in [-0.2, -0.15) is 8.42 Å². The Labute approximate surface area is 399 Å². The summed E-state index contributed by atoms with van der Waals surface area (Å²) >= 11 is 0. The summed E-state index contributed by atoms with van der Waals surface area (Å²) in [6.45, 7) is 3.69. The Hall–Kier alpha value is -2.91. The number of carbonyl (C=O) groups excluding carboxylic acids is 2. The number of rotatable bonds is 42. The van der Waals surface area contributed by atoms with E-state index in [-0.39, 0.29) is 19.4 Å². The van der Waals surface area contributed by atoms with Crippen molar-refractivity contribution in [3.8, 4) is 0 Å². The molecule has 0 saturated carbocycles. The number of esters is 2. The van der Waals surface area contributed by atoms with Crippen LogP contribution < -0.4 is 0 Å². The SMILES string of the molecule is CCCCCCCCC/C=C/C/C=C/C/C=C/C/C=C/CCCC(=O)O[C@H](COC(=O)CCC/C=C/C/C=C/CCCCCCCCCCC)CO[C@H]1O[C@H](CS(=O)(=O)O)[C@@H](O)C(O)C1O. The molecule has 13 heteroatoms. The Morgan fingerprint density at radius 1 is 0.515 bits per heavy atom. The van der Waals surface area contributed by atoms with Crippen LogP contribution in [0.3, 0.4) is 0 Å². The number of ether oxygens (including phenoxy) is 4. The average molecular weight is 951 g/mol. The van der Waals surface area contributed by atoms with Crippen LogP contribution in [0.5, 0.6) is 0 Å². The van der Waals surface area contributed by atoms with Crippen LogP contribution in [0, 0.1) is 0 Å². The number of unbranched alkanes of at least 4 members (excludes halogenated alkanes) is 18. The molecule has 66 heavy (non-hydrogen) atoms. The topological polar surface area (TPSA) is 186 Å². The summed E-state index contributed by atoms with van der Waals surface area (Å²) in [6.07, 6.45) is 45.3. The minimum absolute atomic E-state index is 0.0770. The molecule has 12 nitrogen and oxygen atoms in total. The Morgan fingerprint density at radius 3 is 1.35 bits per heavy atom.